The van der Waals surface area contributed by atoms with Gasteiger partial charge < -0.3 is 9.64 Å². The van der Waals surface area contributed by atoms with E-state index in [0.29, 0.717) is 11.3 Å². The number of hydrogen-bond donors (Lipinski definition) is 0. The second kappa shape index (κ2) is 5.78. The van der Waals surface area contributed by atoms with Crippen LogP contribution in [0.25, 0.3) is 0 Å². The van der Waals surface area contributed by atoms with Gasteiger partial charge in [-0.15, -0.1) is 0 Å². The van der Waals surface area contributed by atoms with Crippen molar-refractivity contribution in [1.29, 1.82) is 0 Å². The fraction of sp³-hybridized carbons (Fsp3) is 0.611. The molecule has 124 valence electrons. The molecule has 23 heavy (non-hydrogen) atoms. The minimum Gasteiger partial charge on any atom is -0.486 e. The number of carbonyl (C=O) groups is 1. The lowest BCUT2D eigenvalue weighted by molar-refractivity contribution is 0.0682. The van der Waals surface area contributed by atoms with E-state index in [1.54, 1.807) is 4.90 Å². The molecular formula is C18H23FN2O2. The van der Waals surface area contributed by atoms with E-state index in [-0.39, 0.29) is 23.9 Å². The SMILES string of the molecule is CN1C(=O)c2ccc(F)cc2OC2CN(CC3CCCC3)CC21. The number of halogens is 1. The molecule has 2 fully saturated rings. The average molecular weight is 318 g/mol. The number of carbonyl (C=O) groups excluding carboxylic acids is 1. The minimum absolute atomic E-state index is 0.0411. The first kappa shape index (κ1) is 14.9. The number of amides is 1. The smallest absolute Gasteiger partial charge is 0.257 e. The van der Waals surface area contributed by atoms with Crippen molar-refractivity contribution in [2.75, 3.05) is 26.7 Å². The number of rotatable bonds is 2. The number of ether oxygens (including phenoxy) is 1. The summed E-state index contributed by atoms with van der Waals surface area (Å²) in [6.07, 6.45) is 5.23. The molecule has 1 amide bonds. The van der Waals surface area contributed by atoms with Crippen molar-refractivity contribution in [3.63, 3.8) is 0 Å². The highest BCUT2D eigenvalue weighted by Crippen LogP contribution is 2.33. The number of likely N-dealkylation sites (N-methyl/N-ethyl adjacent to an activating group) is 1. The second-order valence-corrected chi connectivity index (χ2v) is 7.15. The van der Waals surface area contributed by atoms with Crippen LogP contribution in [0, 0.1) is 11.7 Å². The maximum absolute atomic E-state index is 13.5. The molecule has 2 heterocycles. The van der Waals surface area contributed by atoms with Crippen LogP contribution in [0.4, 0.5) is 4.39 Å². The van der Waals surface area contributed by atoms with Crippen LogP contribution >= 0.6 is 0 Å². The van der Waals surface area contributed by atoms with Gasteiger partial charge in [-0.05, 0) is 30.9 Å². The molecule has 2 atom stereocenters. The number of likely N-dealkylation sites (tertiary alicyclic amines) is 1. The molecule has 4 nitrogen and oxygen atoms in total. The van der Waals surface area contributed by atoms with Crippen LogP contribution in [-0.2, 0) is 0 Å². The quantitative estimate of drug-likeness (QED) is 0.840. The van der Waals surface area contributed by atoms with E-state index in [9.17, 15) is 9.18 Å². The molecule has 0 bridgehead atoms. The zero-order valence-corrected chi connectivity index (χ0v) is 13.5. The molecule has 1 aromatic carbocycles. The molecule has 2 aliphatic heterocycles. The van der Waals surface area contributed by atoms with Crippen LogP contribution in [-0.4, -0.2) is 54.5 Å². The van der Waals surface area contributed by atoms with Crippen LogP contribution in [0.2, 0.25) is 0 Å². The predicted molar refractivity (Wildman–Crippen MR) is 85.1 cm³/mol. The summed E-state index contributed by atoms with van der Waals surface area (Å²) in [5, 5.41) is 0. The third kappa shape index (κ3) is 2.71. The largest absolute Gasteiger partial charge is 0.486 e. The van der Waals surface area contributed by atoms with Crippen LogP contribution in [0.15, 0.2) is 18.2 Å². The zero-order chi connectivity index (χ0) is 16.0. The maximum Gasteiger partial charge on any atom is 0.257 e. The number of nitrogens with zero attached hydrogens (tertiary/aromatic N) is 2. The lowest BCUT2D eigenvalue weighted by Gasteiger charge is -2.25. The second-order valence-electron chi connectivity index (χ2n) is 7.15. The van der Waals surface area contributed by atoms with E-state index in [0.717, 1.165) is 25.6 Å². The van der Waals surface area contributed by atoms with Gasteiger partial charge in [0, 0.05) is 32.7 Å². The molecular weight excluding hydrogens is 295 g/mol. The average Bonchev–Trinajstić information content (AvgIpc) is 3.15. The van der Waals surface area contributed by atoms with E-state index in [1.165, 1.54) is 43.9 Å². The van der Waals surface area contributed by atoms with Gasteiger partial charge in [0.2, 0.25) is 0 Å². The summed E-state index contributed by atoms with van der Waals surface area (Å²) in [7, 11) is 1.83. The fourth-order valence-corrected chi connectivity index (χ4v) is 4.30. The summed E-state index contributed by atoms with van der Waals surface area (Å²) in [6, 6.07) is 4.23. The Labute approximate surface area is 136 Å². The van der Waals surface area contributed by atoms with Crippen LogP contribution in [0.5, 0.6) is 5.75 Å². The normalized spacial score (nSPS) is 28.4. The molecule has 0 N–H and O–H groups in total. The molecule has 3 aliphatic rings. The van der Waals surface area contributed by atoms with Gasteiger partial charge in [0.25, 0.3) is 5.91 Å². The molecule has 1 saturated heterocycles. The Kier molecular flexibility index (Phi) is 3.76. The molecule has 2 unspecified atom stereocenters. The van der Waals surface area contributed by atoms with E-state index in [4.69, 9.17) is 4.74 Å². The van der Waals surface area contributed by atoms with Gasteiger partial charge in [-0.2, -0.15) is 0 Å². The summed E-state index contributed by atoms with van der Waals surface area (Å²) in [4.78, 5) is 16.8. The Morgan fingerprint density at radius 3 is 2.83 bits per heavy atom. The highest BCUT2D eigenvalue weighted by atomic mass is 19.1. The molecule has 0 radical (unpaired) electrons. The van der Waals surface area contributed by atoms with Gasteiger partial charge in [-0.1, -0.05) is 12.8 Å². The van der Waals surface area contributed by atoms with Crippen LogP contribution in [0.1, 0.15) is 36.0 Å². The minimum atomic E-state index is -0.363. The van der Waals surface area contributed by atoms with Crippen molar-refractivity contribution in [3.8, 4) is 5.75 Å². The zero-order valence-electron chi connectivity index (χ0n) is 13.5. The van der Waals surface area contributed by atoms with Crippen molar-refractivity contribution >= 4 is 5.91 Å². The lowest BCUT2D eigenvalue weighted by atomic mass is 10.1. The van der Waals surface area contributed by atoms with Gasteiger partial charge in [0.05, 0.1) is 11.6 Å². The lowest BCUT2D eigenvalue weighted by Crippen LogP contribution is -2.44. The molecule has 0 aromatic heterocycles. The Bertz CT molecular complexity index is 615. The number of hydrogen-bond acceptors (Lipinski definition) is 3. The first-order valence-corrected chi connectivity index (χ1v) is 8.57. The summed E-state index contributed by atoms with van der Waals surface area (Å²) in [5.74, 6) is 0.730. The molecule has 0 spiro atoms. The monoisotopic (exact) mass is 318 g/mol. The Morgan fingerprint density at radius 2 is 2.04 bits per heavy atom. The first-order valence-electron chi connectivity index (χ1n) is 8.57. The summed E-state index contributed by atoms with van der Waals surface area (Å²) < 4.78 is 19.6. The number of benzene rings is 1. The van der Waals surface area contributed by atoms with E-state index >= 15 is 0 Å². The third-order valence-corrected chi connectivity index (χ3v) is 5.57. The molecule has 4 rings (SSSR count). The van der Waals surface area contributed by atoms with Gasteiger partial charge >= 0.3 is 0 Å². The van der Waals surface area contributed by atoms with Crippen molar-refractivity contribution < 1.29 is 13.9 Å². The van der Waals surface area contributed by atoms with Crippen LogP contribution < -0.4 is 4.74 Å². The summed E-state index contributed by atoms with van der Waals surface area (Å²) in [5.41, 5.74) is 0.464. The van der Waals surface area contributed by atoms with Gasteiger partial charge in [-0.3, -0.25) is 9.69 Å². The highest BCUT2D eigenvalue weighted by molar-refractivity contribution is 5.97. The topological polar surface area (TPSA) is 32.8 Å². The van der Waals surface area contributed by atoms with Gasteiger partial charge in [-0.25, -0.2) is 4.39 Å². The maximum atomic E-state index is 13.5. The van der Waals surface area contributed by atoms with Crippen molar-refractivity contribution in [3.05, 3.63) is 29.6 Å². The van der Waals surface area contributed by atoms with Crippen LogP contribution in [0.3, 0.4) is 0 Å². The van der Waals surface area contributed by atoms with Gasteiger partial charge in [0.15, 0.2) is 0 Å². The van der Waals surface area contributed by atoms with E-state index in [2.05, 4.69) is 4.90 Å². The van der Waals surface area contributed by atoms with Crippen molar-refractivity contribution in [2.24, 2.45) is 5.92 Å². The molecule has 1 aliphatic carbocycles. The highest BCUT2D eigenvalue weighted by Gasteiger charge is 2.42. The Hall–Kier alpha value is -1.62. The summed E-state index contributed by atoms with van der Waals surface area (Å²) in [6.45, 7) is 2.75. The Morgan fingerprint density at radius 1 is 1.26 bits per heavy atom. The molecule has 1 aromatic rings. The predicted octanol–water partition coefficient (Wildman–Crippen LogP) is 2.53. The van der Waals surface area contributed by atoms with Gasteiger partial charge in [0.1, 0.15) is 17.7 Å². The number of fused-ring (bicyclic) bond motifs is 2. The van der Waals surface area contributed by atoms with Crippen molar-refractivity contribution in [1.82, 2.24) is 9.80 Å². The Balaban J connectivity index is 1.55. The molecule has 1 saturated carbocycles. The fourth-order valence-electron chi connectivity index (χ4n) is 4.30. The van der Waals surface area contributed by atoms with E-state index < -0.39 is 0 Å². The standard InChI is InChI=1S/C18H23FN2O2/c1-20-15-10-21(9-12-4-2-3-5-12)11-17(15)23-16-8-13(19)6-7-14(16)18(20)22/h6-8,12,15,17H,2-5,9-11H2,1H3. The molecule has 5 heteroatoms. The van der Waals surface area contributed by atoms with E-state index in [1.807, 2.05) is 7.05 Å². The summed E-state index contributed by atoms with van der Waals surface area (Å²) >= 11 is 0. The third-order valence-electron chi connectivity index (χ3n) is 5.57. The first-order chi connectivity index (χ1) is 11.1. The van der Waals surface area contributed by atoms with Crippen molar-refractivity contribution in [2.45, 2.75) is 37.8 Å².